The largest absolute Gasteiger partial charge is 0.468 e. The van der Waals surface area contributed by atoms with Crippen molar-refractivity contribution in [2.45, 2.75) is 6.42 Å². The first-order valence-electron chi connectivity index (χ1n) is 5.82. The van der Waals surface area contributed by atoms with Crippen molar-refractivity contribution >= 4 is 17.9 Å². The standard InChI is InChI=1S/C13H12O5/c1-17-11(15)13-8-4-2-3-7(5-6-8)9(13)10(14)18-12(13)16/h2,4-9H,3H2,1H3/t7-,8-,9-,13+/m1/s1. The SMILES string of the molecule is COC(=O)[C@@]12C(=O)OC(=O)[C@H]1[C@H]1C=C[C@H]2C=CC1. The third-order valence-corrected chi connectivity index (χ3v) is 4.07. The van der Waals surface area contributed by atoms with Crippen LogP contribution in [0.5, 0.6) is 0 Å². The van der Waals surface area contributed by atoms with Crippen LogP contribution in [0.3, 0.4) is 0 Å². The van der Waals surface area contributed by atoms with Crippen molar-refractivity contribution in [3.8, 4) is 0 Å². The first-order valence-corrected chi connectivity index (χ1v) is 5.82. The fourth-order valence-electron chi connectivity index (χ4n) is 3.26. The molecule has 2 bridgehead atoms. The fraction of sp³-hybridized carbons (Fsp3) is 0.462. The summed E-state index contributed by atoms with van der Waals surface area (Å²) in [5, 5.41) is 0. The summed E-state index contributed by atoms with van der Waals surface area (Å²) in [7, 11) is 1.22. The summed E-state index contributed by atoms with van der Waals surface area (Å²) in [6.07, 6.45) is 7.99. The number of rotatable bonds is 1. The minimum Gasteiger partial charge on any atom is -0.468 e. The van der Waals surface area contributed by atoms with Crippen molar-refractivity contribution in [1.29, 1.82) is 0 Å². The number of hydrogen-bond acceptors (Lipinski definition) is 5. The van der Waals surface area contributed by atoms with E-state index in [0.717, 1.165) is 0 Å². The van der Waals surface area contributed by atoms with Gasteiger partial charge in [-0.3, -0.25) is 14.4 Å². The maximum atomic E-state index is 12.1. The van der Waals surface area contributed by atoms with E-state index in [-0.39, 0.29) is 5.92 Å². The maximum Gasteiger partial charge on any atom is 0.333 e. The molecule has 0 spiro atoms. The minimum absolute atomic E-state index is 0.182. The molecule has 18 heavy (non-hydrogen) atoms. The molecular weight excluding hydrogens is 236 g/mol. The topological polar surface area (TPSA) is 69.7 Å². The van der Waals surface area contributed by atoms with Crippen LogP contribution in [0.4, 0.5) is 0 Å². The molecule has 0 N–H and O–H groups in total. The molecule has 0 aromatic heterocycles. The van der Waals surface area contributed by atoms with Crippen LogP contribution >= 0.6 is 0 Å². The number of carbonyl (C=O) groups excluding carboxylic acids is 3. The number of methoxy groups -OCH3 is 1. The fourth-order valence-corrected chi connectivity index (χ4v) is 3.26. The highest BCUT2D eigenvalue weighted by Crippen LogP contribution is 2.54. The number of fused-ring (bicyclic) bond motifs is 1. The molecule has 5 nitrogen and oxygen atoms in total. The lowest BCUT2D eigenvalue weighted by Gasteiger charge is -2.35. The predicted octanol–water partition coefficient (Wildman–Crippen LogP) is 0.607. The third-order valence-electron chi connectivity index (χ3n) is 4.07. The highest BCUT2D eigenvalue weighted by molar-refractivity contribution is 6.13. The molecule has 0 saturated carbocycles. The zero-order chi connectivity index (χ0) is 12.9. The summed E-state index contributed by atoms with van der Waals surface area (Å²) in [5.74, 6) is -3.49. The number of cyclic esters (lactones) is 2. The number of esters is 3. The van der Waals surface area contributed by atoms with Crippen LogP contribution in [0.25, 0.3) is 0 Å². The highest BCUT2D eigenvalue weighted by atomic mass is 16.6. The Balaban J connectivity index is 2.24. The first kappa shape index (κ1) is 11.2. The summed E-state index contributed by atoms with van der Waals surface area (Å²) >= 11 is 0. The second-order valence-corrected chi connectivity index (χ2v) is 4.79. The lowest BCUT2D eigenvalue weighted by molar-refractivity contribution is -0.167. The molecule has 1 heterocycles. The zero-order valence-corrected chi connectivity index (χ0v) is 9.79. The Hall–Kier alpha value is -1.91. The van der Waals surface area contributed by atoms with Crippen molar-refractivity contribution < 1.29 is 23.9 Å². The number of allylic oxidation sites excluding steroid dienone is 4. The van der Waals surface area contributed by atoms with Gasteiger partial charge in [-0.1, -0.05) is 24.3 Å². The molecular formula is C13H12O5. The van der Waals surface area contributed by atoms with Gasteiger partial charge in [0, 0.05) is 5.92 Å². The summed E-state index contributed by atoms with van der Waals surface area (Å²) in [4.78, 5) is 36.1. The van der Waals surface area contributed by atoms with E-state index in [0.29, 0.717) is 6.42 Å². The smallest absolute Gasteiger partial charge is 0.333 e. The van der Waals surface area contributed by atoms with Crippen LogP contribution in [-0.2, 0) is 23.9 Å². The van der Waals surface area contributed by atoms with Gasteiger partial charge in [0.05, 0.1) is 13.0 Å². The van der Waals surface area contributed by atoms with Gasteiger partial charge in [0.2, 0.25) is 0 Å². The molecule has 0 radical (unpaired) electrons. The molecule has 0 unspecified atom stereocenters. The molecule has 4 aliphatic rings. The van der Waals surface area contributed by atoms with Crippen molar-refractivity contribution in [2.75, 3.05) is 7.11 Å². The zero-order valence-electron chi connectivity index (χ0n) is 9.79. The Morgan fingerprint density at radius 2 is 2.17 bits per heavy atom. The normalized spacial score (nSPS) is 40.4. The van der Waals surface area contributed by atoms with Crippen molar-refractivity contribution in [3.05, 3.63) is 24.3 Å². The summed E-state index contributed by atoms with van der Waals surface area (Å²) in [6, 6.07) is 0. The lowest BCUT2D eigenvalue weighted by Crippen LogP contribution is -2.50. The van der Waals surface area contributed by atoms with Gasteiger partial charge in [0.1, 0.15) is 0 Å². The van der Waals surface area contributed by atoms with E-state index < -0.39 is 35.2 Å². The third kappa shape index (κ3) is 1.09. The minimum atomic E-state index is -1.52. The van der Waals surface area contributed by atoms with Gasteiger partial charge in [-0.25, -0.2) is 0 Å². The molecule has 3 aliphatic carbocycles. The number of carbonyl (C=O) groups is 3. The van der Waals surface area contributed by atoms with Gasteiger partial charge >= 0.3 is 17.9 Å². The van der Waals surface area contributed by atoms with Gasteiger partial charge < -0.3 is 9.47 Å². The molecule has 4 atom stereocenters. The van der Waals surface area contributed by atoms with Crippen LogP contribution in [0.1, 0.15) is 6.42 Å². The average Bonchev–Trinajstić information content (AvgIpc) is 2.57. The average molecular weight is 248 g/mol. The first-order chi connectivity index (χ1) is 8.62. The Kier molecular flexibility index (Phi) is 2.20. The van der Waals surface area contributed by atoms with Crippen molar-refractivity contribution in [3.63, 3.8) is 0 Å². The maximum absolute atomic E-state index is 12.1. The van der Waals surface area contributed by atoms with E-state index in [4.69, 9.17) is 9.47 Å². The molecule has 94 valence electrons. The highest BCUT2D eigenvalue weighted by Gasteiger charge is 2.69. The molecule has 4 rings (SSSR count). The predicted molar refractivity (Wildman–Crippen MR) is 58.9 cm³/mol. The van der Waals surface area contributed by atoms with Crippen molar-refractivity contribution in [1.82, 2.24) is 0 Å². The van der Waals surface area contributed by atoms with E-state index >= 15 is 0 Å². The summed E-state index contributed by atoms with van der Waals surface area (Å²) in [6.45, 7) is 0. The molecule has 1 saturated heterocycles. The van der Waals surface area contributed by atoms with Crippen LogP contribution in [0.2, 0.25) is 0 Å². The molecule has 1 aliphatic heterocycles. The van der Waals surface area contributed by atoms with Crippen molar-refractivity contribution in [2.24, 2.45) is 23.2 Å². The number of ether oxygens (including phenoxy) is 2. The van der Waals surface area contributed by atoms with Gasteiger partial charge in [0.15, 0.2) is 5.41 Å². The molecule has 0 aromatic rings. The molecule has 0 amide bonds. The molecule has 0 aromatic carbocycles. The molecule has 5 heteroatoms. The van der Waals surface area contributed by atoms with Crippen LogP contribution in [0.15, 0.2) is 24.3 Å². The van der Waals surface area contributed by atoms with E-state index in [2.05, 4.69) is 0 Å². The second-order valence-electron chi connectivity index (χ2n) is 4.79. The Bertz CT molecular complexity index is 504. The lowest BCUT2D eigenvalue weighted by atomic mass is 9.61. The van der Waals surface area contributed by atoms with E-state index in [1.165, 1.54) is 7.11 Å². The Labute approximate surface area is 103 Å². The number of hydrogen-bond donors (Lipinski definition) is 0. The van der Waals surface area contributed by atoms with E-state index in [1.54, 1.807) is 12.2 Å². The summed E-state index contributed by atoms with van der Waals surface area (Å²) in [5.41, 5.74) is -1.52. The van der Waals surface area contributed by atoms with Crippen LogP contribution < -0.4 is 0 Å². The van der Waals surface area contributed by atoms with Crippen LogP contribution in [0, 0.1) is 23.2 Å². The Morgan fingerprint density at radius 3 is 2.89 bits per heavy atom. The Morgan fingerprint density at radius 1 is 1.39 bits per heavy atom. The monoisotopic (exact) mass is 248 g/mol. The molecule has 1 fully saturated rings. The van der Waals surface area contributed by atoms with Gasteiger partial charge in [-0.05, 0) is 12.3 Å². The summed E-state index contributed by atoms with van der Waals surface area (Å²) < 4.78 is 9.48. The van der Waals surface area contributed by atoms with Crippen LogP contribution in [-0.4, -0.2) is 25.0 Å². The van der Waals surface area contributed by atoms with Gasteiger partial charge in [-0.15, -0.1) is 0 Å². The van der Waals surface area contributed by atoms with E-state index in [1.807, 2.05) is 12.2 Å². The second kappa shape index (κ2) is 3.54. The quantitative estimate of drug-likeness (QED) is 0.386. The van der Waals surface area contributed by atoms with Gasteiger partial charge in [-0.2, -0.15) is 0 Å². The van der Waals surface area contributed by atoms with Gasteiger partial charge in [0.25, 0.3) is 0 Å². The van der Waals surface area contributed by atoms with E-state index in [9.17, 15) is 14.4 Å².